The smallest absolute Gasteiger partial charge is 0.261 e. The van der Waals surface area contributed by atoms with Crippen LogP contribution >= 0.6 is 0 Å². The first-order valence-corrected chi connectivity index (χ1v) is 9.03. The monoisotopic (exact) mass is 330 g/mol. The molecule has 0 saturated carbocycles. The zero-order valence-electron chi connectivity index (χ0n) is 14.2. The second-order valence-corrected chi connectivity index (χ2v) is 6.53. The number of ether oxygens (including phenoxy) is 1. The first kappa shape index (κ1) is 17.1. The van der Waals surface area contributed by atoms with Crippen LogP contribution in [0.25, 0.3) is 0 Å². The maximum atomic E-state index is 12.2. The molecule has 1 aromatic carbocycles. The van der Waals surface area contributed by atoms with Gasteiger partial charge in [0.1, 0.15) is 0 Å². The number of fused-ring (bicyclic) bond motifs is 1. The average Bonchev–Trinajstić information content (AvgIpc) is 2.87. The lowest BCUT2D eigenvalue weighted by Crippen LogP contribution is -2.36. The van der Waals surface area contributed by atoms with Crippen LogP contribution in [0, 0.1) is 0 Å². The first-order valence-electron chi connectivity index (χ1n) is 9.03. The van der Waals surface area contributed by atoms with Gasteiger partial charge in [0.25, 0.3) is 11.8 Å². The molecule has 2 heterocycles. The van der Waals surface area contributed by atoms with Gasteiger partial charge in [0.2, 0.25) is 0 Å². The molecule has 1 aromatic rings. The molecule has 0 spiro atoms. The molecule has 0 atom stereocenters. The summed E-state index contributed by atoms with van der Waals surface area (Å²) in [5.74, 6) is -0.272. The number of amides is 2. The van der Waals surface area contributed by atoms with Gasteiger partial charge in [-0.25, -0.2) is 0 Å². The average molecular weight is 330 g/mol. The van der Waals surface area contributed by atoms with E-state index in [4.69, 9.17) is 4.74 Å². The van der Waals surface area contributed by atoms with E-state index in [0.717, 1.165) is 52.1 Å². The van der Waals surface area contributed by atoms with Crippen molar-refractivity contribution in [2.24, 2.45) is 0 Å². The normalized spacial score (nSPS) is 18.2. The number of unbranched alkanes of at least 4 members (excludes halogenated alkanes) is 4. The standard InChI is InChI=1S/C19H26N2O3/c22-18-16-8-4-5-9-17(16)19(23)21(18)11-7-3-1-2-6-10-20-12-14-24-15-13-20/h4-5,8-9H,1-3,6-7,10-15H2. The Morgan fingerprint density at radius 1 is 0.792 bits per heavy atom. The Labute approximate surface area is 143 Å². The van der Waals surface area contributed by atoms with E-state index in [1.807, 2.05) is 12.1 Å². The summed E-state index contributed by atoms with van der Waals surface area (Å²) in [6.45, 7) is 5.53. The maximum absolute atomic E-state index is 12.2. The summed E-state index contributed by atoms with van der Waals surface area (Å²) >= 11 is 0. The van der Waals surface area contributed by atoms with Gasteiger partial charge in [0, 0.05) is 19.6 Å². The summed E-state index contributed by atoms with van der Waals surface area (Å²) in [5, 5.41) is 0. The number of benzene rings is 1. The molecule has 5 nitrogen and oxygen atoms in total. The van der Waals surface area contributed by atoms with Gasteiger partial charge in [-0.3, -0.25) is 19.4 Å². The van der Waals surface area contributed by atoms with E-state index >= 15 is 0 Å². The lowest BCUT2D eigenvalue weighted by atomic mass is 10.1. The highest BCUT2D eigenvalue weighted by Crippen LogP contribution is 2.22. The van der Waals surface area contributed by atoms with Crippen LogP contribution in [-0.2, 0) is 4.74 Å². The number of morpholine rings is 1. The van der Waals surface area contributed by atoms with E-state index in [0.29, 0.717) is 17.7 Å². The first-order chi connectivity index (χ1) is 11.8. The third-order valence-electron chi connectivity index (χ3n) is 4.84. The minimum Gasteiger partial charge on any atom is -0.379 e. The molecule has 2 aliphatic rings. The van der Waals surface area contributed by atoms with Crippen molar-refractivity contribution in [2.45, 2.75) is 32.1 Å². The lowest BCUT2D eigenvalue weighted by molar-refractivity contribution is 0.0371. The van der Waals surface area contributed by atoms with E-state index < -0.39 is 0 Å². The van der Waals surface area contributed by atoms with Crippen molar-refractivity contribution >= 4 is 11.8 Å². The lowest BCUT2D eigenvalue weighted by Gasteiger charge is -2.26. The van der Waals surface area contributed by atoms with E-state index in [-0.39, 0.29) is 11.8 Å². The molecule has 2 aliphatic heterocycles. The molecule has 0 unspecified atom stereocenters. The number of hydrogen-bond donors (Lipinski definition) is 0. The van der Waals surface area contributed by atoms with Crippen LogP contribution in [0.5, 0.6) is 0 Å². The summed E-state index contributed by atoms with van der Waals surface area (Å²) in [6, 6.07) is 7.09. The Kier molecular flexibility index (Phi) is 5.99. The van der Waals surface area contributed by atoms with Crippen molar-refractivity contribution in [1.29, 1.82) is 0 Å². The molecule has 5 heteroatoms. The molecular formula is C19H26N2O3. The minimum atomic E-state index is -0.136. The van der Waals surface area contributed by atoms with Gasteiger partial charge in [-0.2, -0.15) is 0 Å². The van der Waals surface area contributed by atoms with Gasteiger partial charge in [-0.15, -0.1) is 0 Å². The number of carbonyl (C=O) groups is 2. The van der Waals surface area contributed by atoms with Crippen LogP contribution in [0.2, 0.25) is 0 Å². The molecule has 0 bridgehead atoms. The second kappa shape index (κ2) is 8.40. The molecule has 0 aliphatic carbocycles. The molecular weight excluding hydrogens is 304 g/mol. The highest BCUT2D eigenvalue weighted by atomic mass is 16.5. The van der Waals surface area contributed by atoms with Crippen molar-refractivity contribution in [3.63, 3.8) is 0 Å². The van der Waals surface area contributed by atoms with Crippen molar-refractivity contribution in [2.75, 3.05) is 39.4 Å². The van der Waals surface area contributed by atoms with Gasteiger partial charge in [-0.1, -0.05) is 31.4 Å². The van der Waals surface area contributed by atoms with E-state index in [2.05, 4.69) is 4.90 Å². The summed E-state index contributed by atoms with van der Waals surface area (Å²) in [7, 11) is 0. The Morgan fingerprint density at radius 2 is 1.33 bits per heavy atom. The van der Waals surface area contributed by atoms with E-state index in [1.165, 1.54) is 17.7 Å². The fourth-order valence-corrected chi connectivity index (χ4v) is 3.40. The van der Waals surface area contributed by atoms with Crippen LogP contribution in [0.1, 0.15) is 52.8 Å². The topological polar surface area (TPSA) is 49.9 Å². The number of hydrogen-bond acceptors (Lipinski definition) is 4. The largest absolute Gasteiger partial charge is 0.379 e. The van der Waals surface area contributed by atoms with Gasteiger partial charge >= 0.3 is 0 Å². The summed E-state index contributed by atoms with van der Waals surface area (Å²) in [5.41, 5.74) is 1.10. The zero-order chi connectivity index (χ0) is 16.8. The van der Waals surface area contributed by atoms with Crippen molar-refractivity contribution in [3.05, 3.63) is 35.4 Å². The molecule has 3 rings (SSSR count). The molecule has 1 fully saturated rings. The van der Waals surface area contributed by atoms with Gasteiger partial charge in [0.05, 0.1) is 24.3 Å². The number of rotatable bonds is 8. The molecule has 2 amide bonds. The molecule has 130 valence electrons. The molecule has 0 radical (unpaired) electrons. The minimum absolute atomic E-state index is 0.136. The summed E-state index contributed by atoms with van der Waals surface area (Å²) in [4.78, 5) is 28.3. The van der Waals surface area contributed by atoms with Gasteiger partial charge in [0.15, 0.2) is 0 Å². The number of nitrogens with zero attached hydrogens (tertiary/aromatic N) is 2. The van der Waals surface area contributed by atoms with Crippen molar-refractivity contribution in [1.82, 2.24) is 9.80 Å². The molecule has 0 N–H and O–H groups in total. The Morgan fingerprint density at radius 3 is 1.96 bits per heavy atom. The second-order valence-electron chi connectivity index (χ2n) is 6.53. The van der Waals surface area contributed by atoms with Crippen LogP contribution in [0.3, 0.4) is 0 Å². The fourth-order valence-electron chi connectivity index (χ4n) is 3.40. The Balaban J connectivity index is 1.30. The van der Waals surface area contributed by atoms with Crippen LogP contribution in [-0.4, -0.2) is 61.0 Å². The molecule has 0 aromatic heterocycles. The highest BCUT2D eigenvalue weighted by molar-refractivity contribution is 6.21. The van der Waals surface area contributed by atoms with Gasteiger partial charge < -0.3 is 4.74 Å². The SMILES string of the molecule is O=C1c2ccccc2C(=O)N1CCCCCCCN1CCOCC1. The van der Waals surface area contributed by atoms with Gasteiger partial charge in [-0.05, 0) is 31.5 Å². The summed E-state index contributed by atoms with van der Waals surface area (Å²) < 4.78 is 5.35. The predicted molar refractivity (Wildman–Crippen MR) is 92.2 cm³/mol. The van der Waals surface area contributed by atoms with Crippen molar-refractivity contribution in [3.8, 4) is 0 Å². The van der Waals surface area contributed by atoms with E-state index in [1.54, 1.807) is 12.1 Å². The zero-order valence-corrected chi connectivity index (χ0v) is 14.2. The van der Waals surface area contributed by atoms with Crippen LogP contribution in [0.15, 0.2) is 24.3 Å². The third-order valence-corrected chi connectivity index (χ3v) is 4.84. The third kappa shape index (κ3) is 4.02. The van der Waals surface area contributed by atoms with E-state index in [9.17, 15) is 9.59 Å². The Bertz CT molecular complexity index is 547. The number of imide groups is 1. The number of carbonyl (C=O) groups excluding carboxylic acids is 2. The fraction of sp³-hybridized carbons (Fsp3) is 0.579. The molecule has 24 heavy (non-hydrogen) atoms. The summed E-state index contributed by atoms with van der Waals surface area (Å²) in [6.07, 6.45) is 5.54. The van der Waals surface area contributed by atoms with Crippen LogP contribution < -0.4 is 0 Å². The van der Waals surface area contributed by atoms with Crippen LogP contribution in [0.4, 0.5) is 0 Å². The Hall–Kier alpha value is -1.72. The quantitative estimate of drug-likeness (QED) is 0.543. The maximum Gasteiger partial charge on any atom is 0.261 e. The predicted octanol–water partition coefficient (Wildman–Crippen LogP) is 2.57. The van der Waals surface area contributed by atoms with Crippen molar-refractivity contribution < 1.29 is 14.3 Å². The highest BCUT2D eigenvalue weighted by Gasteiger charge is 2.34. The molecule has 1 saturated heterocycles.